The van der Waals surface area contributed by atoms with E-state index in [0.717, 1.165) is 31.0 Å². The second-order valence-electron chi connectivity index (χ2n) is 3.74. The van der Waals surface area contributed by atoms with Crippen LogP contribution in [0.1, 0.15) is 37.8 Å². The van der Waals surface area contributed by atoms with E-state index in [0.29, 0.717) is 0 Å². The molecule has 0 fully saturated rings. The van der Waals surface area contributed by atoms with Gasteiger partial charge >= 0.3 is 0 Å². The van der Waals surface area contributed by atoms with Crippen molar-refractivity contribution in [2.24, 2.45) is 0 Å². The first-order valence-electron chi connectivity index (χ1n) is 5.83. The lowest BCUT2D eigenvalue weighted by atomic mass is 10.2. The first kappa shape index (κ1) is 11.7. The van der Waals surface area contributed by atoms with Gasteiger partial charge in [0.05, 0.1) is 11.9 Å². The normalized spacial score (nSPS) is 12.8. The summed E-state index contributed by atoms with van der Waals surface area (Å²) >= 11 is 0. The van der Waals surface area contributed by atoms with Crippen molar-refractivity contribution in [1.29, 1.82) is 0 Å². The Balaban J connectivity index is 2.29. The first-order valence-corrected chi connectivity index (χ1v) is 5.83. The van der Waals surface area contributed by atoms with E-state index < -0.39 is 0 Å². The molecule has 0 spiro atoms. The first-order chi connectivity index (χ1) is 8.36. The number of nitrogens with zero attached hydrogens (tertiary/aromatic N) is 5. The maximum atomic E-state index is 4.19. The predicted molar refractivity (Wildman–Crippen MR) is 62.2 cm³/mol. The fraction of sp³-hybridized carbons (Fsp3) is 0.600. The monoisotopic (exact) mass is 235 g/mol. The zero-order chi connectivity index (χ0) is 12.1. The molecule has 92 valence electrons. The maximum absolute atomic E-state index is 4.19. The smallest absolute Gasteiger partial charge is 0.147 e. The molecule has 2 N–H and O–H groups in total. The van der Waals surface area contributed by atoms with Gasteiger partial charge in [0.1, 0.15) is 18.2 Å². The number of aromatic amines is 1. The van der Waals surface area contributed by atoms with Gasteiger partial charge in [0.25, 0.3) is 0 Å². The molecule has 1 unspecified atom stereocenters. The van der Waals surface area contributed by atoms with Gasteiger partial charge in [-0.15, -0.1) is 5.10 Å². The molecule has 0 amide bonds. The molecule has 2 aromatic heterocycles. The minimum atomic E-state index is -0.0379. The molecule has 0 aromatic carbocycles. The Bertz CT molecular complexity index is 433. The van der Waals surface area contributed by atoms with Gasteiger partial charge in [0.15, 0.2) is 0 Å². The standard InChI is InChI=1S/C10H17N7/c1-3-5-17-8(6-13-16-17)9(11-4-2)10-12-7-14-15-10/h6-7,9,11H,3-5H2,1-2H3,(H,12,14,15). The van der Waals surface area contributed by atoms with Crippen LogP contribution in [0.3, 0.4) is 0 Å². The third-order valence-corrected chi connectivity index (χ3v) is 2.49. The van der Waals surface area contributed by atoms with Gasteiger partial charge in [-0.1, -0.05) is 19.1 Å². The van der Waals surface area contributed by atoms with Crippen LogP contribution < -0.4 is 5.32 Å². The largest absolute Gasteiger partial charge is 0.303 e. The Hall–Kier alpha value is -1.76. The molecular weight excluding hydrogens is 218 g/mol. The van der Waals surface area contributed by atoms with Gasteiger partial charge in [-0.25, -0.2) is 9.67 Å². The molecule has 0 aliphatic heterocycles. The molecule has 0 saturated heterocycles. The van der Waals surface area contributed by atoms with E-state index in [1.54, 1.807) is 6.20 Å². The van der Waals surface area contributed by atoms with Crippen molar-refractivity contribution in [2.75, 3.05) is 6.54 Å². The molecular formula is C10H17N7. The van der Waals surface area contributed by atoms with Crippen LogP contribution in [-0.4, -0.2) is 36.7 Å². The molecule has 0 aliphatic rings. The highest BCUT2D eigenvalue weighted by molar-refractivity contribution is 5.13. The lowest BCUT2D eigenvalue weighted by Gasteiger charge is -2.15. The van der Waals surface area contributed by atoms with Gasteiger partial charge in [-0.05, 0) is 13.0 Å². The lowest BCUT2D eigenvalue weighted by Crippen LogP contribution is -2.26. The fourth-order valence-electron chi connectivity index (χ4n) is 1.77. The average molecular weight is 235 g/mol. The molecule has 0 saturated carbocycles. The number of nitrogens with one attached hydrogen (secondary N) is 2. The van der Waals surface area contributed by atoms with Crippen LogP contribution in [0.4, 0.5) is 0 Å². The van der Waals surface area contributed by atoms with Gasteiger partial charge in [-0.2, -0.15) is 5.10 Å². The summed E-state index contributed by atoms with van der Waals surface area (Å²) in [5.74, 6) is 0.784. The van der Waals surface area contributed by atoms with Crippen LogP contribution in [-0.2, 0) is 6.54 Å². The topological polar surface area (TPSA) is 84.3 Å². The molecule has 2 aromatic rings. The van der Waals surface area contributed by atoms with Crippen LogP contribution in [0.25, 0.3) is 0 Å². The lowest BCUT2D eigenvalue weighted by molar-refractivity contribution is 0.501. The molecule has 1 atom stereocenters. The van der Waals surface area contributed by atoms with Crippen molar-refractivity contribution in [3.05, 3.63) is 24.0 Å². The molecule has 0 bridgehead atoms. The number of hydrogen-bond donors (Lipinski definition) is 2. The van der Waals surface area contributed by atoms with Crippen LogP contribution in [0, 0.1) is 0 Å². The second kappa shape index (κ2) is 5.53. The Morgan fingerprint density at radius 1 is 1.47 bits per heavy atom. The van der Waals surface area contributed by atoms with E-state index >= 15 is 0 Å². The number of aromatic nitrogens is 6. The summed E-state index contributed by atoms with van der Waals surface area (Å²) in [6.07, 6.45) is 4.30. The molecule has 17 heavy (non-hydrogen) atoms. The van der Waals surface area contributed by atoms with E-state index in [4.69, 9.17) is 0 Å². The minimum Gasteiger partial charge on any atom is -0.303 e. The van der Waals surface area contributed by atoms with E-state index in [1.807, 2.05) is 4.68 Å². The fourth-order valence-corrected chi connectivity index (χ4v) is 1.77. The Morgan fingerprint density at radius 3 is 3.00 bits per heavy atom. The molecule has 0 aliphatic carbocycles. The van der Waals surface area contributed by atoms with Crippen LogP contribution in [0.2, 0.25) is 0 Å². The summed E-state index contributed by atoms with van der Waals surface area (Å²) in [5, 5.41) is 18.2. The maximum Gasteiger partial charge on any atom is 0.147 e. The van der Waals surface area contributed by atoms with Crippen molar-refractivity contribution in [1.82, 2.24) is 35.5 Å². The van der Waals surface area contributed by atoms with E-state index in [-0.39, 0.29) is 6.04 Å². The van der Waals surface area contributed by atoms with Crippen molar-refractivity contribution in [3.8, 4) is 0 Å². The van der Waals surface area contributed by atoms with Crippen molar-refractivity contribution in [2.45, 2.75) is 32.9 Å². The highest BCUT2D eigenvalue weighted by atomic mass is 15.4. The van der Waals surface area contributed by atoms with Gasteiger partial charge in [0.2, 0.25) is 0 Å². The zero-order valence-electron chi connectivity index (χ0n) is 10.1. The molecule has 2 rings (SSSR count). The summed E-state index contributed by atoms with van der Waals surface area (Å²) in [5.41, 5.74) is 1.01. The van der Waals surface area contributed by atoms with E-state index in [2.05, 4.69) is 44.7 Å². The van der Waals surface area contributed by atoms with Crippen LogP contribution in [0.15, 0.2) is 12.5 Å². The minimum absolute atomic E-state index is 0.0379. The number of H-pyrrole nitrogens is 1. The quantitative estimate of drug-likeness (QED) is 0.762. The number of aryl methyl sites for hydroxylation is 1. The second-order valence-corrected chi connectivity index (χ2v) is 3.74. The summed E-state index contributed by atoms with van der Waals surface area (Å²) in [4.78, 5) is 4.19. The van der Waals surface area contributed by atoms with Crippen molar-refractivity contribution < 1.29 is 0 Å². The summed E-state index contributed by atoms with van der Waals surface area (Å²) in [6, 6.07) is -0.0379. The average Bonchev–Trinajstić information content (AvgIpc) is 2.97. The summed E-state index contributed by atoms with van der Waals surface area (Å²) < 4.78 is 1.90. The van der Waals surface area contributed by atoms with Crippen molar-refractivity contribution in [3.63, 3.8) is 0 Å². The van der Waals surface area contributed by atoms with Gasteiger partial charge < -0.3 is 5.32 Å². The predicted octanol–water partition coefficient (Wildman–Crippen LogP) is 0.505. The third-order valence-electron chi connectivity index (χ3n) is 2.49. The number of hydrogen-bond acceptors (Lipinski definition) is 5. The highest BCUT2D eigenvalue weighted by Crippen LogP contribution is 2.17. The third kappa shape index (κ3) is 2.50. The Kier molecular flexibility index (Phi) is 3.81. The van der Waals surface area contributed by atoms with Crippen molar-refractivity contribution >= 4 is 0 Å². The summed E-state index contributed by atoms with van der Waals surface area (Å²) in [7, 11) is 0. The van der Waals surface area contributed by atoms with Crippen LogP contribution in [0.5, 0.6) is 0 Å². The number of rotatable bonds is 6. The van der Waals surface area contributed by atoms with Gasteiger partial charge in [0, 0.05) is 6.54 Å². The molecule has 7 heteroatoms. The highest BCUT2D eigenvalue weighted by Gasteiger charge is 2.20. The SMILES string of the molecule is CCCn1nncc1C(NCC)c1ncn[nH]1. The van der Waals surface area contributed by atoms with Crippen LogP contribution >= 0.6 is 0 Å². The molecule has 0 radical (unpaired) electrons. The molecule has 7 nitrogen and oxygen atoms in total. The van der Waals surface area contributed by atoms with Gasteiger partial charge in [-0.3, -0.25) is 5.10 Å². The Labute approximate surface area is 99.6 Å². The molecule has 2 heterocycles. The van der Waals surface area contributed by atoms with E-state index in [9.17, 15) is 0 Å². The summed E-state index contributed by atoms with van der Waals surface area (Å²) in [6.45, 7) is 5.85. The van der Waals surface area contributed by atoms with E-state index in [1.165, 1.54) is 6.33 Å². The Morgan fingerprint density at radius 2 is 2.35 bits per heavy atom. The zero-order valence-corrected chi connectivity index (χ0v) is 10.1.